The third kappa shape index (κ3) is 2.08. The lowest BCUT2D eigenvalue weighted by Gasteiger charge is -2.36. The second kappa shape index (κ2) is 3.58. The molecule has 1 saturated heterocycles. The molecule has 1 rings (SSSR count). The molecule has 1 aliphatic rings. The second-order valence-corrected chi connectivity index (χ2v) is 2.27. The van der Waals surface area contributed by atoms with Crippen molar-refractivity contribution in [2.75, 3.05) is 7.05 Å². The van der Waals surface area contributed by atoms with Gasteiger partial charge in [0.25, 0.3) is 0 Å². The molecule has 11 heavy (non-hydrogen) atoms. The summed E-state index contributed by atoms with van der Waals surface area (Å²) in [6.45, 7) is 7.30. The highest BCUT2D eigenvalue weighted by molar-refractivity contribution is 6.65. The summed E-state index contributed by atoms with van der Waals surface area (Å²) in [6.07, 6.45) is 3.44. The number of hydrogen-bond acceptors (Lipinski definition) is 3. The van der Waals surface area contributed by atoms with Gasteiger partial charge in [-0.2, -0.15) is 0 Å². The Bertz CT molecular complexity index is 147. The summed E-state index contributed by atoms with van der Waals surface area (Å²) in [6, 6.07) is 0. The molecule has 6 heteroatoms. The van der Waals surface area contributed by atoms with E-state index in [1.807, 2.05) is 43.9 Å². The molecule has 0 N–H and O–H groups in total. The predicted octanol–water partition coefficient (Wildman–Crippen LogP) is -0.575. The van der Waals surface area contributed by atoms with Crippen molar-refractivity contribution in [1.29, 1.82) is 0 Å². The van der Waals surface area contributed by atoms with Crippen molar-refractivity contribution in [2.24, 2.45) is 0 Å². The Labute approximate surface area is 70.2 Å². The van der Waals surface area contributed by atoms with E-state index in [4.69, 9.17) is 0 Å². The second-order valence-electron chi connectivity index (χ2n) is 2.27. The van der Waals surface area contributed by atoms with Gasteiger partial charge in [-0.15, -0.1) is 0 Å². The molecule has 3 nitrogen and oxygen atoms in total. The monoisotopic (exact) mass is 144 g/mol. The van der Waals surface area contributed by atoms with Gasteiger partial charge in [0.2, 0.25) is 0 Å². The van der Waals surface area contributed by atoms with Crippen LogP contribution in [0.1, 0.15) is 0 Å². The SMILES string of the molecule is C=CN1[B]N(C)[B]N(C=C)[B]1. The Morgan fingerprint density at radius 2 is 1.45 bits per heavy atom. The van der Waals surface area contributed by atoms with Gasteiger partial charge in [0, 0.05) is 0 Å². The lowest BCUT2D eigenvalue weighted by Crippen LogP contribution is -2.56. The van der Waals surface area contributed by atoms with Gasteiger partial charge < -0.3 is 14.2 Å². The first kappa shape index (κ1) is 8.33. The van der Waals surface area contributed by atoms with Crippen LogP contribution in [-0.2, 0) is 0 Å². The maximum Gasteiger partial charge on any atom is 0.363 e. The average molecular weight is 144 g/mol. The van der Waals surface area contributed by atoms with E-state index in [2.05, 4.69) is 13.2 Å². The van der Waals surface area contributed by atoms with Crippen LogP contribution in [0.15, 0.2) is 25.6 Å². The molecule has 0 saturated carbocycles. The van der Waals surface area contributed by atoms with Crippen LogP contribution in [0.5, 0.6) is 0 Å². The van der Waals surface area contributed by atoms with Gasteiger partial charge in [-0.25, -0.2) is 0 Å². The van der Waals surface area contributed by atoms with Gasteiger partial charge in [0.1, 0.15) is 0 Å². The standard InChI is InChI=1S/C5H9B3N3/c1-4-10-6-9(3)7-11(5-2)8-10/h4-5H,1-2H2,3H3. The maximum absolute atomic E-state index is 3.65. The first-order chi connectivity index (χ1) is 5.26. The minimum Gasteiger partial charge on any atom is -0.443 e. The minimum absolute atomic E-state index is 1.72. The maximum atomic E-state index is 3.65. The zero-order valence-corrected chi connectivity index (χ0v) is 6.64. The van der Waals surface area contributed by atoms with E-state index in [0.29, 0.717) is 0 Å². The first-order valence-electron chi connectivity index (χ1n) is 3.33. The molecule has 0 atom stereocenters. The van der Waals surface area contributed by atoms with Crippen molar-refractivity contribution in [3.05, 3.63) is 25.6 Å². The van der Waals surface area contributed by atoms with Crippen LogP contribution < -0.4 is 0 Å². The Morgan fingerprint density at radius 3 is 1.82 bits per heavy atom. The van der Waals surface area contributed by atoms with Crippen molar-refractivity contribution in [2.45, 2.75) is 0 Å². The molecule has 1 heterocycles. The summed E-state index contributed by atoms with van der Waals surface area (Å²) in [5.74, 6) is 0. The van der Waals surface area contributed by atoms with Crippen molar-refractivity contribution < 1.29 is 0 Å². The Morgan fingerprint density at radius 1 is 1.00 bits per heavy atom. The van der Waals surface area contributed by atoms with E-state index < -0.39 is 0 Å². The van der Waals surface area contributed by atoms with E-state index in [0.717, 1.165) is 0 Å². The number of rotatable bonds is 2. The molecule has 53 valence electrons. The van der Waals surface area contributed by atoms with E-state index >= 15 is 0 Å². The van der Waals surface area contributed by atoms with E-state index in [1.54, 1.807) is 12.4 Å². The highest BCUT2D eigenvalue weighted by Gasteiger charge is 2.21. The van der Waals surface area contributed by atoms with Gasteiger partial charge in [0.15, 0.2) is 0 Å². The first-order valence-corrected chi connectivity index (χ1v) is 3.33. The molecule has 0 aromatic rings. The van der Waals surface area contributed by atoms with Crippen LogP contribution in [-0.4, -0.2) is 43.9 Å². The van der Waals surface area contributed by atoms with Crippen molar-refractivity contribution in [3.8, 4) is 0 Å². The number of hydrogen-bond donors (Lipinski definition) is 0. The molecule has 3 radical (unpaired) electrons. The van der Waals surface area contributed by atoms with Crippen LogP contribution in [0.25, 0.3) is 0 Å². The summed E-state index contributed by atoms with van der Waals surface area (Å²) < 4.78 is 5.62. The summed E-state index contributed by atoms with van der Waals surface area (Å²) >= 11 is 0. The van der Waals surface area contributed by atoms with Gasteiger partial charge in [-0.1, -0.05) is 13.2 Å². The molecular formula is C5H9B3N3. The summed E-state index contributed by atoms with van der Waals surface area (Å²) in [4.78, 5) is 0. The molecule has 0 aromatic carbocycles. The van der Waals surface area contributed by atoms with Gasteiger partial charge >= 0.3 is 22.6 Å². The minimum atomic E-state index is 1.72. The van der Waals surface area contributed by atoms with E-state index in [9.17, 15) is 0 Å². The summed E-state index contributed by atoms with van der Waals surface area (Å²) in [5.41, 5.74) is 0. The van der Waals surface area contributed by atoms with E-state index in [1.165, 1.54) is 0 Å². The Kier molecular flexibility index (Phi) is 2.71. The predicted molar refractivity (Wildman–Crippen MR) is 49.1 cm³/mol. The normalized spacial score (nSPS) is 17.9. The quantitative estimate of drug-likeness (QED) is 0.480. The molecule has 1 fully saturated rings. The van der Waals surface area contributed by atoms with Crippen LogP contribution >= 0.6 is 0 Å². The van der Waals surface area contributed by atoms with Crippen molar-refractivity contribution in [3.63, 3.8) is 0 Å². The highest BCUT2D eigenvalue weighted by atomic mass is 15.2. The molecule has 0 unspecified atom stereocenters. The molecule has 0 spiro atoms. The molecule has 0 amide bonds. The van der Waals surface area contributed by atoms with Crippen LogP contribution in [0, 0.1) is 0 Å². The fraction of sp³-hybridized carbons (Fsp3) is 0.200. The Balaban J connectivity index is 2.49. The summed E-state index contributed by atoms with van der Waals surface area (Å²) in [7, 11) is 7.64. The molecule has 0 aliphatic carbocycles. The lowest BCUT2D eigenvalue weighted by molar-refractivity contribution is 0.647. The van der Waals surface area contributed by atoms with Gasteiger partial charge in [-0.05, 0) is 19.4 Å². The van der Waals surface area contributed by atoms with Crippen LogP contribution in [0.2, 0.25) is 0 Å². The third-order valence-electron chi connectivity index (χ3n) is 1.32. The number of nitrogens with zero attached hydrogens (tertiary/aromatic N) is 3. The van der Waals surface area contributed by atoms with Gasteiger partial charge in [-0.3, -0.25) is 0 Å². The fourth-order valence-corrected chi connectivity index (χ4v) is 0.853. The fourth-order valence-electron chi connectivity index (χ4n) is 0.853. The zero-order valence-electron chi connectivity index (χ0n) is 6.64. The van der Waals surface area contributed by atoms with Crippen molar-refractivity contribution in [1.82, 2.24) is 14.2 Å². The summed E-state index contributed by atoms with van der Waals surface area (Å²) in [5, 5.41) is 0. The topological polar surface area (TPSA) is 9.72 Å². The third-order valence-corrected chi connectivity index (χ3v) is 1.32. The average Bonchev–Trinajstić information content (AvgIpc) is 2.03. The highest BCUT2D eigenvalue weighted by Crippen LogP contribution is 1.98. The van der Waals surface area contributed by atoms with E-state index in [-0.39, 0.29) is 0 Å². The zero-order chi connectivity index (χ0) is 8.27. The van der Waals surface area contributed by atoms with Gasteiger partial charge in [0.05, 0.1) is 0 Å². The molecular weight excluding hydrogens is 135 g/mol. The lowest BCUT2D eigenvalue weighted by atomic mass is 9.76. The van der Waals surface area contributed by atoms with Crippen LogP contribution in [0.3, 0.4) is 0 Å². The molecule has 1 aliphatic heterocycles. The largest absolute Gasteiger partial charge is 0.443 e. The smallest absolute Gasteiger partial charge is 0.363 e. The van der Waals surface area contributed by atoms with Crippen molar-refractivity contribution >= 4 is 22.6 Å². The molecule has 0 aromatic heterocycles. The Hall–Kier alpha value is -0.765. The van der Waals surface area contributed by atoms with Crippen LogP contribution in [0.4, 0.5) is 0 Å². The molecule has 0 bridgehead atoms.